The largest absolute Gasteiger partial charge is 0.464 e. The SMILES string of the molecule is O=C(c1ccccc1CN1CCCC1)N1CCOC[C@@H](Cc2cccc3occc23)C1. The molecule has 0 saturated carbocycles. The Balaban J connectivity index is 1.33. The summed E-state index contributed by atoms with van der Waals surface area (Å²) in [6.45, 7) is 5.73. The van der Waals surface area contributed by atoms with Gasteiger partial charge >= 0.3 is 0 Å². The number of likely N-dealkylation sites (tertiary alicyclic amines) is 1. The molecule has 0 aliphatic carbocycles. The highest BCUT2D eigenvalue weighted by Crippen LogP contribution is 2.25. The predicted octanol–water partition coefficient (Wildman–Crippen LogP) is 4.36. The second-order valence-corrected chi connectivity index (χ2v) is 8.79. The Morgan fingerprint density at radius 3 is 2.71 bits per heavy atom. The molecule has 5 rings (SSSR count). The number of carbonyl (C=O) groups is 1. The van der Waals surface area contributed by atoms with Crippen molar-refractivity contribution in [2.24, 2.45) is 5.92 Å². The molecule has 5 nitrogen and oxygen atoms in total. The Morgan fingerprint density at radius 1 is 0.968 bits per heavy atom. The minimum atomic E-state index is 0.131. The number of amides is 1. The number of hydrogen-bond acceptors (Lipinski definition) is 4. The van der Waals surface area contributed by atoms with E-state index in [9.17, 15) is 4.79 Å². The van der Waals surface area contributed by atoms with Gasteiger partial charge in [-0.3, -0.25) is 9.69 Å². The summed E-state index contributed by atoms with van der Waals surface area (Å²) in [4.78, 5) is 18.0. The van der Waals surface area contributed by atoms with Crippen LogP contribution in [0.3, 0.4) is 0 Å². The topological polar surface area (TPSA) is 45.9 Å². The van der Waals surface area contributed by atoms with Gasteiger partial charge in [-0.1, -0.05) is 30.3 Å². The van der Waals surface area contributed by atoms with Crippen LogP contribution in [0.4, 0.5) is 0 Å². The van der Waals surface area contributed by atoms with Crippen LogP contribution in [0.25, 0.3) is 11.0 Å². The lowest BCUT2D eigenvalue weighted by Gasteiger charge is -2.25. The number of hydrogen-bond donors (Lipinski definition) is 0. The van der Waals surface area contributed by atoms with E-state index in [2.05, 4.69) is 17.0 Å². The Morgan fingerprint density at radius 2 is 1.81 bits per heavy atom. The molecular weight excluding hydrogens is 388 g/mol. The Bertz CT molecular complexity index is 1040. The van der Waals surface area contributed by atoms with E-state index in [1.807, 2.05) is 41.3 Å². The maximum atomic E-state index is 13.6. The molecule has 1 aromatic heterocycles. The van der Waals surface area contributed by atoms with Crippen molar-refractivity contribution < 1.29 is 13.9 Å². The first-order valence-electron chi connectivity index (χ1n) is 11.4. The number of nitrogens with zero attached hydrogens (tertiary/aromatic N) is 2. The molecule has 0 radical (unpaired) electrons. The van der Waals surface area contributed by atoms with Crippen molar-refractivity contribution in [3.63, 3.8) is 0 Å². The number of fused-ring (bicyclic) bond motifs is 1. The zero-order valence-electron chi connectivity index (χ0n) is 18.0. The lowest BCUT2D eigenvalue weighted by Crippen LogP contribution is -2.37. The monoisotopic (exact) mass is 418 g/mol. The van der Waals surface area contributed by atoms with E-state index in [-0.39, 0.29) is 11.8 Å². The van der Waals surface area contributed by atoms with Crippen LogP contribution in [0.15, 0.2) is 59.2 Å². The summed E-state index contributed by atoms with van der Waals surface area (Å²) >= 11 is 0. The molecule has 2 aliphatic heterocycles. The van der Waals surface area contributed by atoms with Crippen LogP contribution in [-0.4, -0.2) is 55.1 Å². The summed E-state index contributed by atoms with van der Waals surface area (Å²) in [6.07, 6.45) is 5.12. The first-order chi connectivity index (χ1) is 15.3. The zero-order valence-corrected chi connectivity index (χ0v) is 18.0. The molecule has 2 aliphatic rings. The first kappa shape index (κ1) is 20.3. The van der Waals surface area contributed by atoms with Gasteiger partial charge in [0.05, 0.1) is 19.5 Å². The van der Waals surface area contributed by atoms with Gasteiger partial charge in [-0.15, -0.1) is 0 Å². The summed E-state index contributed by atoms with van der Waals surface area (Å²) in [5.74, 6) is 0.393. The van der Waals surface area contributed by atoms with Crippen LogP contribution in [-0.2, 0) is 17.7 Å². The fraction of sp³-hybridized carbons (Fsp3) is 0.423. The molecule has 5 heteroatoms. The number of carbonyl (C=O) groups excluding carboxylic acids is 1. The molecule has 2 aromatic carbocycles. The minimum absolute atomic E-state index is 0.131. The van der Waals surface area contributed by atoms with Crippen LogP contribution in [0.2, 0.25) is 0 Å². The number of ether oxygens (including phenoxy) is 1. The van der Waals surface area contributed by atoms with E-state index in [1.54, 1.807) is 6.26 Å². The Hall–Kier alpha value is -2.63. The van der Waals surface area contributed by atoms with Crippen LogP contribution < -0.4 is 0 Å². The van der Waals surface area contributed by atoms with Gasteiger partial charge in [-0.25, -0.2) is 0 Å². The standard InChI is InChI=1S/C26H30N2O3/c29-26(24-8-2-1-6-22(24)18-27-11-3-4-12-27)28-13-15-30-19-20(17-28)16-21-7-5-9-25-23(21)10-14-31-25/h1-2,5-10,14,20H,3-4,11-13,15-19H2/t20-/m0/s1. The number of rotatable bonds is 5. The van der Waals surface area contributed by atoms with Crippen LogP contribution in [0, 0.1) is 5.92 Å². The van der Waals surface area contributed by atoms with Crippen molar-refractivity contribution in [3.05, 3.63) is 71.5 Å². The molecule has 0 bridgehead atoms. The van der Waals surface area contributed by atoms with Crippen LogP contribution in [0.5, 0.6) is 0 Å². The van der Waals surface area contributed by atoms with Crippen molar-refractivity contribution in [2.45, 2.75) is 25.8 Å². The molecule has 3 aromatic rings. The summed E-state index contributed by atoms with van der Waals surface area (Å²) in [6, 6.07) is 16.3. The fourth-order valence-electron chi connectivity index (χ4n) is 4.95. The van der Waals surface area contributed by atoms with E-state index in [1.165, 1.54) is 18.4 Å². The van der Waals surface area contributed by atoms with E-state index < -0.39 is 0 Å². The predicted molar refractivity (Wildman–Crippen MR) is 121 cm³/mol. The number of benzene rings is 2. The highest BCUT2D eigenvalue weighted by atomic mass is 16.5. The average molecular weight is 419 g/mol. The molecule has 0 N–H and O–H groups in total. The lowest BCUT2D eigenvalue weighted by atomic mass is 9.96. The third kappa shape index (κ3) is 4.53. The van der Waals surface area contributed by atoms with Crippen molar-refractivity contribution in [1.82, 2.24) is 9.80 Å². The summed E-state index contributed by atoms with van der Waals surface area (Å²) < 4.78 is 11.5. The van der Waals surface area contributed by atoms with Crippen LogP contribution in [0.1, 0.15) is 34.3 Å². The van der Waals surface area contributed by atoms with Crippen molar-refractivity contribution in [2.75, 3.05) is 39.4 Å². The first-order valence-corrected chi connectivity index (χ1v) is 11.4. The second kappa shape index (κ2) is 9.25. The lowest BCUT2D eigenvalue weighted by molar-refractivity contribution is 0.0735. The zero-order chi connectivity index (χ0) is 21.0. The Labute approximate surface area is 183 Å². The third-order valence-corrected chi connectivity index (χ3v) is 6.56. The quantitative estimate of drug-likeness (QED) is 0.618. The molecule has 0 spiro atoms. The molecule has 1 amide bonds. The molecule has 2 fully saturated rings. The Kier molecular flexibility index (Phi) is 6.05. The minimum Gasteiger partial charge on any atom is -0.464 e. The van der Waals surface area contributed by atoms with Gasteiger partial charge in [-0.05, 0) is 61.7 Å². The van der Waals surface area contributed by atoms with Gasteiger partial charge in [0.15, 0.2) is 0 Å². The highest BCUT2D eigenvalue weighted by Gasteiger charge is 2.26. The smallest absolute Gasteiger partial charge is 0.254 e. The molecule has 2 saturated heterocycles. The molecule has 1 atom stereocenters. The summed E-state index contributed by atoms with van der Waals surface area (Å²) in [7, 11) is 0. The molecule has 0 unspecified atom stereocenters. The van der Waals surface area contributed by atoms with Gasteiger partial charge < -0.3 is 14.1 Å². The average Bonchev–Trinajstić information content (AvgIpc) is 3.43. The molecular formula is C26H30N2O3. The van der Waals surface area contributed by atoms with Crippen molar-refractivity contribution >= 4 is 16.9 Å². The third-order valence-electron chi connectivity index (χ3n) is 6.56. The molecule has 3 heterocycles. The van der Waals surface area contributed by atoms with Gasteiger partial charge in [0.25, 0.3) is 5.91 Å². The van der Waals surface area contributed by atoms with Gasteiger partial charge in [0.2, 0.25) is 0 Å². The van der Waals surface area contributed by atoms with E-state index in [0.29, 0.717) is 26.3 Å². The highest BCUT2D eigenvalue weighted by molar-refractivity contribution is 5.95. The second-order valence-electron chi connectivity index (χ2n) is 8.79. The summed E-state index contributed by atoms with van der Waals surface area (Å²) in [5, 5.41) is 1.15. The molecule has 162 valence electrons. The summed E-state index contributed by atoms with van der Waals surface area (Å²) in [5.41, 5.74) is 4.14. The van der Waals surface area contributed by atoms with Gasteiger partial charge in [-0.2, -0.15) is 0 Å². The van der Waals surface area contributed by atoms with E-state index >= 15 is 0 Å². The molecule has 31 heavy (non-hydrogen) atoms. The normalized spacial score (nSPS) is 20.3. The maximum absolute atomic E-state index is 13.6. The van der Waals surface area contributed by atoms with Gasteiger partial charge in [0, 0.05) is 36.5 Å². The van der Waals surface area contributed by atoms with Crippen molar-refractivity contribution in [3.8, 4) is 0 Å². The van der Waals surface area contributed by atoms with Gasteiger partial charge in [0.1, 0.15) is 5.58 Å². The fourth-order valence-corrected chi connectivity index (χ4v) is 4.95. The van der Waals surface area contributed by atoms with Crippen LogP contribution >= 0.6 is 0 Å². The maximum Gasteiger partial charge on any atom is 0.254 e. The van der Waals surface area contributed by atoms with E-state index in [0.717, 1.165) is 48.2 Å². The number of furan rings is 1. The van der Waals surface area contributed by atoms with Crippen molar-refractivity contribution in [1.29, 1.82) is 0 Å². The van der Waals surface area contributed by atoms with E-state index in [4.69, 9.17) is 9.15 Å².